The summed E-state index contributed by atoms with van der Waals surface area (Å²) >= 11 is 0. The molecule has 2 aromatic heterocycles. The number of fused-ring (bicyclic) bond motifs is 1. The third-order valence-electron chi connectivity index (χ3n) is 8.70. The molecule has 0 saturated carbocycles. The molecule has 4 heterocycles. The largest absolute Gasteiger partial charge is 0.490 e. The highest BCUT2D eigenvalue weighted by atomic mass is 19.4. The van der Waals surface area contributed by atoms with Crippen LogP contribution in [0, 0.1) is 0 Å². The number of ether oxygens (including phenoxy) is 3. The van der Waals surface area contributed by atoms with Gasteiger partial charge < -0.3 is 40.0 Å². The molecule has 0 radical (unpaired) electrons. The number of hydrogen-bond donors (Lipinski definition) is 4. The van der Waals surface area contributed by atoms with Gasteiger partial charge in [-0.3, -0.25) is 4.57 Å². The second-order valence-corrected chi connectivity index (χ2v) is 13.7. The molecule has 0 aliphatic carbocycles. The Bertz CT molecular complexity index is 1820. The number of hydrogen-bond acceptors (Lipinski definition) is 12. The number of benzene rings is 2. The van der Waals surface area contributed by atoms with Gasteiger partial charge in [0.1, 0.15) is 30.5 Å². The van der Waals surface area contributed by atoms with Crippen molar-refractivity contribution >= 4 is 35.0 Å². The Balaban J connectivity index is 1.31. The van der Waals surface area contributed by atoms with Crippen LogP contribution in [0.25, 0.3) is 11.2 Å². The van der Waals surface area contributed by atoms with Crippen LogP contribution in [-0.4, -0.2) is 104 Å². The van der Waals surface area contributed by atoms with Gasteiger partial charge in [-0.1, -0.05) is 60.7 Å². The lowest BCUT2D eigenvalue weighted by molar-refractivity contribution is -0.203. The van der Waals surface area contributed by atoms with Gasteiger partial charge in [-0.2, -0.15) is 23.1 Å². The number of carbonyl (C=O) groups excluding carboxylic acids is 2. The molecule has 2 aliphatic rings. The summed E-state index contributed by atoms with van der Waals surface area (Å²) in [5.41, 5.74) is 1.93. The van der Waals surface area contributed by atoms with Gasteiger partial charge in [-0.25, -0.2) is 14.6 Å². The highest BCUT2D eigenvalue weighted by Crippen LogP contribution is 2.35. The van der Waals surface area contributed by atoms with Crippen molar-refractivity contribution < 1.29 is 47.2 Å². The molecule has 0 spiro atoms. The number of nitrogens with one attached hydrogen (secondary N) is 2. The first kappa shape index (κ1) is 36.8. The van der Waals surface area contributed by atoms with E-state index in [4.69, 9.17) is 19.4 Å². The van der Waals surface area contributed by atoms with Gasteiger partial charge in [0, 0.05) is 25.6 Å². The summed E-state index contributed by atoms with van der Waals surface area (Å²) in [6.07, 6.45) is -10.1. The van der Waals surface area contributed by atoms with Crippen molar-refractivity contribution in [2.75, 3.05) is 36.5 Å². The molecule has 278 valence electrons. The summed E-state index contributed by atoms with van der Waals surface area (Å²) in [5, 5.41) is 27.9. The maximum absolute atomic E-state index is 12.7. The van der Waals surface area contributed by atoms with Gasteiger partial charge in [-0.05, 0) is 38.3 Å². The molecule has 2 aliphatic heterocycles. The molecule has 5 atom stereocenters. The molecular formula is C35H40F3N7O7. The number of nitrogens with zero attached hydrogens (tertiary/aromatic N) is 5. The number of imidazole rings is 1. The number of carbonyl (C=O) groups is 2. The fourth-order valence-electron chi connectivity index (χ4n) is 6.22. The number of halogens is 3. The Labute approximate surface area is 296 Å². The van der Waals surface area contributed by atoms with Crippen LogP contribution in [0.2, 0.25) is 0 Å². The van der Waals surface area contributed by atoms with Gasteiger partial charge in [0.2, 0.25) is 5.95 Å². The normalized spacial score (nSPS) is 22.2. The molecule has 6 rings (SSSR count). The number of rotatable bonds is 10. The van der Waals surface area contributed by atoms with E-state index >= 15 is 0 Å². The molecule has 4 aromatic rings. The van der Waals surface area contributed by atoms with Crippen molar-refractivity contribution in [1.29, 1.82) is 0 Å². The molecule has 0 unspecified atom stereocenters. The lowest BCUT2D eigenvalue weighted by Gasteiger charge is -2.23. The first-order valence-electron chi connectivity index (χ1n) is 16.8. The van der Waals surface area contributed by atoms with Gasteiger partial charge in [-0.15, -0.1) is 0 Å². The van der Waals surface area contributed by atoms with E-state index in [1.165, 1.54) is 10.9 Å². The van der Waals surface area contributed by atoms with Crippen LogP contribution in [0.1, 0.15) is 50.5 Å². The zero-order valence-electron chi connectivity index (χ0n) is 28.7. The Kier molecular flexibility index (Phi) is 10.6. The summed E-state index contributed by atoms with van der Waals surface area (Å²) in [7, 11) is 0. The minimum Gasteiger partial charge on any atom is -0.456 e. The molecule has 4 N–H and O–H groups in total. The third-order valence-corrected chi connectivity index (χ3v) is 8.70. The lowest BCUT2D eigenvalue weighted by atomic mass is 9.91. The average molecular weight is 728 g/mol. The highest BCUT2D eigenvalue weighted by Gasteiger charge is 2.47. The molecular weight excluding hydrogens is 687 g/mol. The molecule has 0 bridgehead atoms. The minimum atomic E-state index is -5.24. The number of aliphatic hydroxyl groups is 2. The number of anilines is 2. The highest BCUT2D eigenvalue weighted by molar-refractivity contribution is 5.84. The number of alkyl halides is 3. The predicted octanol–water partition coefficient (Wildman–Crippen LogP) is 3.90. The zero-order valence-corrected chi connectivity index (χ0v) is 28.7. The van der Waals surface area contributed by atoms with Crippen molar-refractivity contribution in [3.05, 3.63) is 78.1 Å². The Hall–Kier alpha value is -5.00. The molecule has 14 nitrogen and oxygen atoms in total. The van der Waals surface area contributed by atoms with Crippen molar-refractivity contribution in [2.24, 2.45) is 0 Å². The summed E-state index contributed by atoms with van der Waals surface area (Å²) in [6.45, 7) is 5.59. The monoisotopic (exact) mass is 727 g/mol. The maximum atomic E-state index is 12.7. The number of aromatic nitrogens is 4. The quantitative estimate of drug-likeness (QED) is 0.174. The zero-order chi connectivity index (χ0) is 37.2. The van der Waals surface area contributed by atoms with E-state index in [2.05, 4.69) is 20.4 Å². The maximum Gasteiger partial charge on any atom is 0.490 e. The standard InChI is InChI=1S/C35H40F3N7O7/c1-34(2,3)52-33(49)41-22-14-15-44(17-22)32-42-28(39-16-23(20-10-6-4-7-11-20)21-12-8-5-9-13-21)25-29(43-32)45(19-40-25)30-27(47)26(46)24(51-30)18-50-31(48)35(36,37)38/h4-13,19,22-24,26-27,30,46-47H,14-18H2,1-3H3,(H,41,49)(H,39,42,43)/t22-,24-,26-,27-,30-/m1/s1. The molecule has 2 fully saturated rings. The Morgan fingerprint density at radius 1 is 1.00 bits per heavy atom. The summed E-state index contributed by atoms with van der Waals surface area (Å²) < 4.78 is 55.0. The van der Waals surface area contributed by atoms with E-state index < -0.39 is 55.0 Å². The molecule has 17 heteroatoms. The summed E-state index contributed by atoms with van der Waals surface area (Å²) in [6, 6.07) is 19.6. The Morgan fingerprint density at radius 2 is 1.65 bits per heavy atom. The second kappa shape index (κ2) is 14.9. The van der Waals surface area contributed by atoms with E-state index in [0.717, 1.165) is 11.1 Å². The number of alkyl carbamates (subject to hydrolysis) is 1. The number of aliphatic hydroxyl groups excluding tert-OH is 2. The smallest absolute Gasteiger partial charge is 0.456 e. The van der Waals surface area contributed by atoms with E-state index in [9.17, 15) is 33.0 Å². The van der Waals surface area contributed by atoms with Crippen molar-refractivity contribution in [3.63, 3.8) is 0 Å². The number of esters is 1. The first-order chi connectivity index (χ1) is 24.7. The van der Waals surface area contributed by atoms with E-state index in [1.54, 1.807) is 20.8 Å². The van der Waals surface area contributed by atoms with E-state index in [-0.39, 0.29) is 23.6 Å². The fraction of sp³-hybridized carbons (Fsp3) is 0.457. The van der Waals surface area contributed by atoms with Gasteiger partial charge >= 0.3 is 18.2 Å². The Morgan fingerprint density at radius 3 is 2.27 bits per heavy atom. The number of amides is 1. The first-order valence-corrected chi connectivity index (χ1v) is 16.8. The topological polar surface area (TPSA) is 173 Å². The van der Waals surface area contributed by atoms with Crippen LogP contribution in [-0.2, 0) is 19.0 Å². The van der Waals surface area contributed by atoms with Crippen molar-refractivity contribution in [3.8, 4) is 0 Å². The lowest BCUT2D eigenvalue weighted by Crippen LogP contribution is -2.40. The van der Waals surface area contributed by atoms with E-state index in [0.29, 0.717) is 37.4 Å². The minimum absolute atomic E-state index is 0.0950. The fourth-order valence-corrected chi connectivity index (χ4v) is 6.22. The summed E-state index contributed by atoms with van der Waals surface area (Å²) in [4.78, 5) is 39.8. The molecule has 2 saturated heterocycles. The van der Waals surface area contributed by atoms with Crippen LogP contribution in [0.4, 0.5) is 29.7 Å². The predicted molar refractivity (Wildman–Crippen MR) is 181 cm³/mol. The van der Waals surface area contributed by atoms with Crippen LogP contribution < -0.4 is 15.5 Å². The average Bonchev–Trinajstić information content (AvgIpc) is 3.81. The van der Waals surface area contributed by atoms with E-state index in [1.807, 2.05) is 65.6 Å². The molecule has 1 amide bonds. The van der Waals surface area contributed by atoms with Gasteiger partial charge in [0.15, 0.2) is 23.2 Å². The second-order valence-electron chi connectivity index (χ2n) is 13.7. The van der Waals surface area contributed by atoms with Gasteiger partial charge in [0.25, 0.3) is 0 Å². The van der Waals surface area contributed by atoms with Crippen molar-refractivity contribution in [2.45, 2.75) is 75.5 Å². The van der Waals surface area contributed by atoms with Crippen LogP contribution in [0.3, 0.4) is 0 Å². The van der Waals surface area contributed by atoms with Crippen LogP contribution in [0.5, 0.6) is 0 Å². The van der Waals surface area contributed by atoms with Gasteiger partial charge in [0.05, 0.1) is 12.4 Å². The molecule has 2 aromatic carbocycles. The molecule has 52 heavy (non-hydrogen) atoms. The summed E-state index contributed by atoms with van der Waals surface area (Å²) in [5.74, 6) is -1.92. The van der Waals surface area contributed by atoms with Crippen LogP contribution in [0.15, 0.2) is 67.0 Å². The third kappa shape index (κ3) is 8.37. The van der Waals surface area contributed by atoms with Crippen molar-refractivity contribution in [1.82, 2.24) is 24.8 Å². The SMILES string of the molecule is CC(C)(C)OC(=O)N[C@@H]1CCN(c2nc(NCC(c3ccccc3)c3ccccc3)c3ncn([C@@H]4O[C@H](COC(=O)C(F)(F)F)[C@@H](O)[C@H]4O)c3n2)C1. The van der Waals surface area contributed by atoms with Crippen LogP contribution >= 0.6 is 0 Å².